The molecule has 0 unspecified atom stereocenters. The number of piperidine rings is 1. The number of nitrogens with zero attached hydrogens (tertiary/aromatic N) is 4. The summed E-state index contributed by atoms with van der Waals surface area (Å²) in [4.78, 5) is 33.7. The lowest BCUT2D eigenvalue weighted by Gasteiger charge is -2.61. The number of carbonyl (C=O) groups is 2. The van der Waals surface area contributed by atoms with E-state index in [1.54, 1.807) is 6.92 Å². The zero-order valence-electron chi connectivity index (χ0n) is 17.8. The third-order valence-electron chi connectivity index (χ3n) is 8.50. The summed E-state index contributed by atoms with van der Waals surface area (Å²) in [6, 6.07) is 0.854. The topological polar surface area (TPSA) is 106 Å². The van der Waals surface area contributed by atoms with Crippen molar-refractivity contribution in [2.45, 2.75) is 55.8 Å². The van der Waals surface area contributed by atoms with Crippen molar-refractivity contribution in [1.82, 2.24) is 14.7 Å². The fourth-order valence-electron chi connectivity index (χ4n) is 7.45. The minimum atomic E-state index is -0.701. The van der Waals surface area contributed by atoms with Crippen LogP contribution in [0.5, 0.6) is 0 Å². The molecule has 5 aliphatic heterocycles. The number of carbonyl (C=O) groups excluding carboxylic acids is 2. The minimum Gasteiger partial charge on any atom is -0.492 e. The molecule has 0 aromatic heterocycles. The monoisotopic (exact) mass is 426 g/mol. The van der Waals surface area contributed by atoms with E-state index in [9.17, 15) is 20.0 Å². The zero-order valence-corrected chi connectivity index (χ0v) is 17.8. The molecule has 8 atom stereocenters. The Morgan fingerprint density at radius 3 is 2.71 bits per heavy atom. The zero-order chi connectivity index (χ0) is 21.8. The number of hydrogen-bond acceptors (Lipinski definition) is 9. The molecule has 6 rings (SSSR count). The van der Waals surface area contributed by atoms with Gasteiger partial charge in [-0.15, -0.1) is 0 Å². The number of nitriles is 1. The van der Waals surface area contributed by atoms with Crippen LogP contribution in [0.25, 0.3) is 0 Å². The number of methoxy groups -OCH3 is 1. The van der Waals surface area contributed by atoms with E-state index in [0.717, 1.165) is 6.42 Å². The van der Waals surface area contributed by atoms with Gasteiger partial charge in [-0.2, -0.15) is 5.26 Å². The summed E-state index contributed by atoms with van der Waals surface area (Å²) in [5.74, 6) is -0.292. The van der Waals surface area contributed by atoms with Gasteiger partial charge >= 0.3 is 0 Å². The molecule has 5 heterocycles. The molecule has 6 aliphatic rings. The van der Waals surface area contributed by atoms with E-state index >= 15 is 0 Å². The lowest BCUT2D eigenvalue weighted by Crippen LogP contribution is -2.78. The minimum absolute atomic E-state index is 0.00850. The van der Waals surface area contributed by atoms with Crippen LogP contribution in [0.1, 0.15) is 13.3 Å². The number of aliphatic hydroxyl groups is 1. The van der Waals surface area contributed by atoms with Crippen LogP contribution in [0.2, 0.25) is 0 Å². The second-order valence-electron chi connectivity index (χ2n) is 9.42. The summed E-state index contributed by atoms with van der Waals surface area (Å²) in [6.45, 7) is 2.56. The first-order valence-corrected chi connectivity index (χ1v) is 10.9. The van der Waals surface area contributed by atoms with Crippen LogP contribution in [0.3, 0.4) is 0 Å². The van der Waals surface area contributed by atoms with Crippen LogP contribution in [-0.2, 0) is 19.1 Å². The van der Waals surface area contributed by atoms with Crippen LogP contribution in [0.15, 0.2) is 22.5 Å². The normalized spacial score (nSPS) is 44.5. The quantitative estimate of drug-likeness (QED) is 0.559. The van der Waals surface area contributed by atoms with E-state index in [-0.39, 0.29) is 60.2 Å². The van der Waals surface area contributed by atoms with Crippen molar-refractivity contribution in [2.24, 2.45) is 5.92 Å². The standard InChI is InChI=1S/C22H26N4O5/c1-9-19(28)15-14(20(29)21(9)30-3)13(8-27)26-12(7-23)11-6-10-16(24(11)2)18(26)17(15)25-4-5-31-22(10)25/h10-13,16-18,22,27H,4-6,8H2,1-3H3/t10-,11-,12-,13+,16+,17+,18+,22+/m0/s1. The van der Waals surface area contributed by atoms with Crippen molar-refractivity contribution in [3.8, 4) is 6.07 Å². The van der Waals surface area contributed by atoms with Gasteiger partial charge in [0.1, 0.15) is 12.3 Å². The smallest absolute Gasteiger partial charge is 0.226 e. The average Bonchev–Trinajstić information content (AvgIpc) is 3.34. The lowest BCUT2D eigenvalue weighted by molar-refractivity contribution is -0.145. The van der Waals surface area contributed by atoms with Crippen molar-refractivity contribution in [2.75, 3.05) is 33.9 Å². The SMILES string of the molecule is COC1=C(C)C(=O)C2=C(C1=O)[C@@H](CO)N1[C@@H]3[C@H]4[C@H](C[C@@H]([C@@H]1C#N)N4C)[C@H]1OCCN1[C@H]23. The highest BCUT2D eigenvalue weighted by Crippen LogP contribution is 2.54. The Morgan fingerprint density at radius 1 is 1.26 bits per heavy atom. The molecular formula is C22H26N4O5. The Labute approximate surface area is 180 Å². The van der Waals surface area contributed by atoms with Gasteiger partial charge in [0.05, 0.1) is 38.5 Å². The maximum Gasteiger partial charge on any atom is 0.226 e. The maximum absolute atomic E-state index is 13.6. The first-order valence-electron chi connectivity index (χ1n) is 10.9. The summed E-state index contributed by atoms with van der Waals surface area (Å²) in [5, 5.41) is 20.7. The van der Waals surface area contributed by atoms with E-state index in [0.29, 0.717) is 29.9 Å². The Bertz CT molecular complexity index is 998. The first-order chi connectivity index (χ1) is 15.0. The van der Waals surface area contributed by atoms with Crippen molar-refractivity contribution >= 4 is 11.6 Å². The Kier molecular flexibility index (Phi) is 4.08. The highest BCUT2D eigenvalue weighted by atomic mass is 16.5. The van der Waals surface area contributed by atoms with Gasteiger partial charge in [0.2, 0.25) is 5.78 Å². The van der Waals surface area contributed by atoms with Crippen molar-refractivity contribution < 1.29 is 24.2 Å². The molecule has 0 saturated carbocycles. The summed E-state index contributed by atoms with van der Waals surface area (Å²) < 4.78 is 11.5. The first kappa shape index (κ1) is 19.6. The van der Waals surface area contributed by atoms with E-state index < -0.39 is 12.1 Å². The molecule has 2 bridgehead atoms. The van der Waals surface area contributed by atoms with Crippen LogP contribution in [-0.4, -0.2) is 108 Å². The number of allylic oxidation sites excluding steroid dienone is 2. The number of aliphatic hydroxyl groups excluding tert-OH is 1. The Morgan fingerprint density at radius 2 is 2.03 bits per heavy atom. The van der Waals surface area contributed by atoms with Crippen LogP contribution < -0.4 is 0 Å². The number of fused-ring (bicyclic) bond motifs is 5. The predicted molar refractivity (Wildman–Crippen MR) is 106 cm³/mol. The molecule has 9 nitrogen and oxygen atoms in total. The van der Waals surface area contributed by atoms with Gasteiger partial charge in [0.15, 0.2) is 11.5 Å². The van der Waals surface area contributed by atoms with E-state index in [4.69, 9.17) is 9.47 Å². The van der Waals surface area contributed by atoms with Crippen molar-refractivity contribution in [3.05, 3.63) is 22.5 Å². The van der Waals surface area contributed by atoms with E-state index in [1.165, 1.54) is 7.11 Å². The van der Waals surface area contributed by atoms with Crippen molar-refractivity contribution in [1.29, 1.82) is 5.26 Å². The summed E-state index contributed by atoms with van der Waals surface area (Å²) in [5.41, 5.74) is 1.07. The van der Waals surface area contributed by atoms with Gasteiger partial charge in [-0.1, -0.05) is 0 Å². The van der Waals surface area contributed by atoms with Crippen LogP contribution in [0.4, 0.5) is 0 Å². The Hall–Kier alpha value is -2.09. The predicted octanol–water partition coefficient (Wildman–Crippen LogP) is -0.965. The molecule has 31 heavy (non-hydrogen) atoms. The van der Waals surface area contributed by atoms with Crippen LogP contribution >= 0.6 is 0 Å². The number of hydrogen-bond donors (Lipinski definition) is 1. The third kappa shape index (κ3) is 2.12. The van der Waals surface area contributed by atoms with Gasteiger partial charge in [0.25, 0.3) is 0 Å². The fraction of sp³-hybridized carbons (Fsp3) is 0.682. The number of piperazine rings is 1. The summed E-state index contributed by atoms with van der Waals surface area (Å²) in [6.07, 6.45) is 0.694. The molecule has 1 N–H and O–H groups in total. The van der Waals surface area contributed by atoms with Crippen molar-refractivity contribution in [3.63, 3.8) is 0 Å². The number of ether oxygens (including phenoxy) is 2. The molecule has 0 spiro atoms. The number of rotatable bonds is 2. The number of ketones is 2. The van der Waals surface area contributed by atoms with Gasteiger partial charge in [-0.3, -0.25) is 24.3 Å². The number of Topliss-reactive ketones (excluding diaryl/α,β-unsaturated/α-hetero) is 2. The molecule has 0 amide bonds. The highest BCUT2D eigenvalue weighted by molar-refractivity contribution is 6.25. The molecule has 0 aromatic rings. The highest BCUT2D eigenvalue weighted by Gasteiger charge is 2.68. The third-order valence-corrected chi connectivity index (χ3v) is 8.50. The van der Waals surface area contributed by atoms with Gasteiger partial charge in [-0.25, -0.2) is 0 Å². The van der Waals surface area contributed by atoms with E-state index in [1.807, 2.05) is 4.90 Å². The second-order valence-corrected chi connectivity index (χ2v) is 9.42. The molecule has 9 heteroatoms. The van der Waals surface area contributed by atoms with Gasteiger partial charge in [0, 0.05) is 47.3 Å². The fourth-order valence-corrected chi connectivity index (χ4v) is 7.45. The average molecular weight is 426 g/mol. The van der Waals surface area contributed by atoms with Gasteiger partial charge in [-0.05, 0) is 20.4 Å². The molecule has 1 aliphatic carbocycles. The largest absolute Gasteiger partial charge is 0.492 e. The molecular weight excluding hydrogens is 400 g/mol. The van der Waals surface area contributed by atoms with E-state index in [2.05, 4.69) is 22.9 Å². The van der Waals surface area contributed by atoms with Gasteiger partial charge < -0.3 is 14.6 Å². The van der Waals surface area contributed by atoms with Crippen LogP contribution in [0, 0.1) is 17.2 Å². The molecule has 4 fully saturated rings. The second kappa shape index (κ2) is 6.47. The molecule has 4 saturated heterocycles. The maximum atomic E-state index is 13.6. The Balaban J connectivity index is 1.63. The molecule has 164 valence electrons. The lowest BCUT2D eigenvalue weighted by atomic mass is 9.69. The number of likely N-dealkylation sites (N-methyl/N-ethyl adjacent to an activating group) is 1. The molecule has 0 aromatic carbocycles. The summed E-state index contributed by atoms with van der Waals surface area (Å²) >= 11 is 0. The summed E-state index contributed by atoms with van der Waals surface area (Å²) in [7, 11) is 3.44. The molecule has 0 radical (unpaired) electrons.